The number of carbonyl (C=O) groups excluding carboxylic acids is 2. The first kappa shape index (κ1) is 22.1. The van der Waals surface area contributed by atoms with E-state index >= 15 is 0 Å². The van der Waals surface area contributed by atoms with Crippen LogP contribution in [0.2, 0.25) is 0 Å². The van der Waals surface area contributed by atoms with Crippen molar-refractivity contribution >= 4 is 11.7 Å². The van der Waals surface area contributed by atoms with E-state index in [1.165, 1.54) is 0 Å². The standard InChI is InChI=1S/C19H38N2O2/c1-10-20(8)12-11-13-21(9)17(23)19(6,7)14-18(4,5)16(22)15(2)3/h15H,10-14H2,1-9H3. The van der Waals surface area contributed by atoms with Crippen molar-refractivity contribution in [2.75, 3.05) is 33.7 Å². The first-order chi connectivity index (χ1) is 10.3. The van der Waals surface area contributed by atoms with Crippen LogP contribution in [0.5, 0.6) is 0 Å². The first-order valence-electron chi connectivity index (χ1n) is 8.83. The maximum atomic E-state index is 12.8. The predicted molar refractivity (Wildman–Crippen MR) is 97.4 cm³/mol. The number of hydrogen-bond donors (Lipinski definition) is 0. The molecule has 0 saturated carbocycles. The molecule has 0 aliphatic rings. The lowest BCUT2D eigenvalue weighted by atomic mass is 9.70. The van der Waals surface area contributed by atoms with Gasteiger partial charge in [-0.15, -0.1) is 0 Å². The highest BCUT2D eigenvalue weighted by molar-refractivity contribution is 5.88. The van der Waals surface area contributed by atoms with Gasteiger partial charge in [-0.3, -0.25) is 9.59 Å². The van der Waals surface area contributed by atoms with Crippen LogP contribution in [0.25, 0.3) is 0 Å². The molecule has 0 atom stereocenters. The number of Topliss-reactive ketones (excluding diaryl/α,β-unsaturated/α-hetero) is 1. The van der Waals surface area contributed by atoms with Crippen molar-refractivity contribution in [3.63, 3.8) is 0 Å². The van der Waals surface area contributed by atoms with Crippen LogP contribution in [0.4, 0.5) is 0 Å². The number of carbonyl (C=O) groups is 2. The summed E-state index contributed by atoms with van der Waals surface area (Å²) in [5.74, 6) is 0.352. The third-order valence-corrected chi connectivity index (χ3v) is 4.57. The van der Waals surface area contributed by atoms with Gasteiger partial charge in [-0.1, -0.05) is 48.5 Å². The van der Waals surface area contributed by atoms with Crippen LogP contribution in [0.1, 0.15) is 61.3 Å². The molecule has 0 spiro atoms. The lowest BCUT2D eigenvalue weighted by molar-refractivity contribution is -0.143. The second-order valence-electron chi connectivity index (χ2n) is 8.44. The van der Waals surface area contributed by atoms with Gasteiger partial charge in [-0.25, -0.2) is 0 Å². The molecule has 0 radical (unpaired) electrons. The van der Waals surface area contributed by atoms with Gasteiger partial charge in [0.15, 0.2) is 0 Å². The van der Waals surface area contributed by atoms with E-state index in [1.54, 1.807) is 0 Å². The summed E-state index contributed by atoms with van der Waals surface area (Å²) in [6.45, 7) is 16.6. The molecule has 0 aliphatic carbocycles. The van der Waals surface area contributed by atoms with Crippen LogP contribution < -0.4 is 0 Å². The number of rotatable bonds is 10. The highest BCUT2D eigenvalue weighted by atomic mass is 16.2. The molecule has 4 nitrogen and oxygen atoms in total. The van der Waals surface area contributed by atoms with E-state index in [2.05, 4.69) is 18.9 Å². The molecule has 136 valence electrons. The average Bonchev–Trinajstić information content (AvgIpc) is 2.43. The number of amides is 1. The van der Waals surface area contributed by atoms with Gasteiger partial charge in [0, 0.05) is 30.3 Å². The predicted octanol–water partition coefficient (Wildman–Crippen LogP) is 3.45. The fourth-order valence-corrected chi connectivity index (χ4v) is 3.40. The Morgan fingerprint density at radius 1 is 0.957 bits per heavy atom. The maximum absolute atomic E-state index is 12.8. The lowest BCUT2D eigenvalue weighted by Gasteiger charge is -2.36. The van der Waals surface area contributed by atoms with E-state index in [-0.39, 0.29) is 17.6 Å². The Morgan fingerprint density at radius 2 is 1.48 bits per heavy atom. The summed E-state index contributed by atoms with van der Waals surface area (Å²) < 4.78 is 0. The van der Waals surface area contributed by atoms with Crippen molar-refractivity contribution in [2.45, 2.75) is 61.3 Å². The van der Waals surface area contributed by atoms with Crippen molar-refractivity contribution in [2.24, 2.45) is 16.7 Å². The van der Waals surface area contributed by atoms with Crippen LogP contribution in [-0.4, -0.2) is 55.2 Å². The summed E-state index contributed by atoms with van der Waals surface area (Å²) in [5, 5.41) is 0. The van der Waals surface area contributed by atoms with Crippen LogP contribution in [0.3, 0.4) is 0 Å². The Hall–Kier alpha value is -0.900. The molecule has 0 unspecified atom stereocenters. The normalized spacial score (nSPS) is 12.8. The number of nitrogens with zero attached hydrogens (tertiary/aromatic N) is 2. The van der Waals surface area contributed by atoms with Crippen molar-refractivity contribution in [1.82, 2.24) is 9.80 Å². The van der Waals surface area contributed by atoms with Crippen molar-refractivity contribution in [3.8, 4) is 0 Å². The largest absolute Gasteiger partial charge is 0.345 e. The van der Waals surface area contributed by atoms with E-state index in [0.29, 0.717) is 6.42 Å². The van der Waals surface area contributed by atoms with E-state index in [9.17, 15) is 9.59 Å². The average molecular weight is 327 g/mol. The molecule has 0 saturated heterocycles. The Bertz CT molecular complexity index is 400. The molecule has 1 amide bonds. The Labute approximate surface area is 143 Å². The summed E-state index contributed by atoms with van der Waals surface area (Å²) in [4.78, 5) is 29.2. The zero-order valence-corrected chi connectivity index (χ0v) is 16.8. The molecule has 0 aromatic heterocycles. The molecular formula is C19H38N2O2. The third kappa shape index (κ3) is 7.03. The molecular weight excluding hydrogens is 288 g/mol. The Morgan fingerprint density at radius 3 is 1.91 bits per heavy atom. The van der Waals surface area contributed by atoms with E-state index in [0.717, 1.165) is 26.1 Å². The molecule has 0 fully saturated rings. The second-order valence-corrected chi connectivity index (χ2v) is 8.44. The summed E-state index contributed by atoms with van der Waals surface area (Å²) in [7, 11) is 3.96. The minimum absolute atomic E-state index is 0.00165. The Kier molecular flexibility index (Phi) is 8.47. The molecule has 0 bridgehead atoms. The quantitative estimate of drug-likeness (QED) is 0.617. The first-order valence-corrected chi connectivity index (χ1v) is 8.83. The van der Waals surface area contributed by atoms with Crippen LogP contribution in [0, 0.1) is 16.7 Å². The van der Waals surface area contributed by atoms with Gasteiger partial charge >= 0.3 is 0 Å². The topological polar surface area (TPSA) is 40.6 Å². The molecule has 0 heterocycles. The van der Waals surface area contributed by atoms with Gasteiger partial charge in [0.05, 0.1) is 0 Å². The number of ketones is 1. The van der Waals surface area contributed by atoms with Crippen LogP contribution in [0.15, 0.2) is 0 Å². The summed E-state index contributed by atoms with van der Waals surface area (Å²) in [6, 6.07) is 0. The van der Waals surface area contributed by atoms with E-state index < -0.39 is 10.8 Å². The SMILES string of the molecule is CCN(C)CCCN(C)C(=O)C(C)(C)CC(C)(C)C(=O)C(C)C. The fourth-order valence-electron chi connectivity index (χ4n) is 3.40. The smallest absolute Gasteiger partial charge is 0.228 e. The van der Waals surface area contributed by atoms with E-state index in [1.807, 2.05) is 53.5 Å². The zero-order chi connectivity index (χ0) is 18.4. The summed E-state index contributed by atoms with van der Waals surface area (Å²) in [5.41, 5.74) is -1.00. The highest BCUT2D eigenvalue weighted by Crippen LogP contribution is 2.37. The zero-order valence-electron chi connectivity index (χ0n) is 16.8. The van der Waals surface area contributed by atoms with Gasteiger partial charge in [0.2, 0.25) is 5.91 Å². The molecule has 0 N–H and O–H groups in total. The van der Waals surface area contributed by atoms with Crippen LogP contribution in [-0.2, 0) is 9.59 Å². The molecule has 4 heteroatoms. The highest BCUT2D eigenvalue weighted by Gasteiger charge is 2.40. The summed E-state index contributed by atoms with van der Waals surface area (Å²) >= 11 is 0. The van der Waals surface area contributed by atoms with Crippen molar-refractivity contribution in [1.29, 1.82) is 0 Å². The van der Waals surface area contributed by atoms with Gasteiger partial charge in [-0.05, 0) is 33.0 Å². The lowest BCUT2D eigenvalue weighted by Crippen LogP contribution is -2.43. The number of hydrogen-bond acceptors (Lipinski definition) is 3. The minimum atomic E-state index is -0.528. The Balaban J connectivity index is 4.73. The molecule has 0 aromatic rings. The molecule has 0 aromatic carbocycles. The van der Waals surface area contributed by atoms with Gasteiger partial charge < -0.3 is 9.80 Å². The van der Waals surface area contributed by atoms with Crippen molar-refractivity contribution < 1.29 is 9.59 Å². The molecule has 0 aliphatic heterocycles. The van der Waals surface area contributed by atoms with Crippen LogP contribution >= 0.6 is 0 Å². The second kappa shape index (κ2) is 8.81. The third-order valence-electron chi connectivity index (χ3n) is 4.57. The monoisotopic (exact) mass is 326 g/mol. The van der Waals surface area contributed by atoms with E-state index in [4.69, 9.17) is 0 Å². The fraction of sp³-hybridized carbons (Fsp3) is 0.895. The van der Waals surface area contributed by atoms with Gasteiger partial charge in [0.1, 0.15) is 5.78 Å². The molecule has 23 heavy (non-hydrogen) atoms. The summed E-state index contributed by atoms with van der Waals surface area (Å²) in [6.07, 6.45) is 1.55. The van der Waals surface area contributed by atoms with Gasteiger partial charge in [0.25, 0.3) is 0 Å². The molecule has 0 rings (SSSR count). The van der Waals surface area contributed by atoms with Gasteiger partial charge in [-0.2, -0.15) is 0 Å². The maximum Gasteiger partial charge on any atom is 0.228 e. The minimum Gasteiger partial charge on any atom is -0.345 e. The van der Waals surface area contributed by atoms with Crippen molar-refractivity contribution in [3.05, 3.63) is 0 Å².